The van der Waals surface area contributed by atoms with Gasteiger partial charge >= 0.3 is 5.97 Å². The maximum absolute atomic E-state index is 10.7. The number of carboxylic acid groups (broad SMARTS) is 1. The molecule has 1 aromatic carbocycles. The molecule has 0 radical (unpaired) electrons. The summed E-state index contributed by atoms with van der Waals surface area (Å²) >= 11 is 0. The van der Waals surface area contributed by atoms with Crippen LogP contribution in [0.5, 0.6) is 5.75 Å². The zero-order valence-corrected chi connectivity index (χ0v) is 11.6. The van der Waals surface area contributed by atoms with Gasteiger partial charge in [-0.2, -0.15) is 0 Å². The molecular formula is C14H23NO3. The predicted molar refractivity (Wildman–Crippen MR) is 70.7 cm³/mol. The second-order valence-electron chi connectivity index (χ2n) is 4.37. The lowest BCUT2D eigenvalue weighted by Crippen LogP contribution is -2.42. The van der Waals surface area contributed by atoms with Crippen LogP contribution in [0.3, 0.4) is 0 Å². The number of hydrogen-bond acceptors (Lipinski definition) is 2. The Labute approximate surface area is 109 Å². The SMILES string of the molecule is CC[N+](C)(CC)CC.O=C(O)c1ccccc1[O-]. The Balaban J connectivity index is 0.000000331. The maximum atomic E-state index is 10.7. The zero-order valence-electron chi connectivity index (χ0n) is 11.6. The van der Waals surface area contributed by atoms with Crippen molar-refractivity contribution in [3.8, 4) is 5.75 Å². The summed E-state index contributed by atoms with van der Waals surface area (Å²) in [4.78, 5) is 10.2. The molecule has 0 aliphatic rings. The Morgan fingerprint density at radius 2 is 1.61 bits per heavy atom. The summed E-state index contributed by atoms with van der Waals surface area (Å²) < 4.78 is 1.21. The highest BCUT2D eigenvalue weighted by atomic mass is 16.4. The van der Waals surface area contributed by atoms with Crippen molar-refractivity contribution < 1.29 is 19.5 Å². The van der Waals surface area contributed by atoms with Gasteiger partial charge in [0.2, 0.25) is 0 Å². The third-order valence-corrected chi connectivity index (χ3v) is 3.41. The van der Waals surface area contributed by atoms with Crippen LogP contribution in [-0.2, 0) is 0 Å². The van der Waals surface area contributed by atoms with Crippen molar-refractivity contribution in [2.75, 3.05) is 26.7 Å². The average Bonchev–Trinajstić information content (AvgIpc) is 2.39. The van der Waals surface area contributed by atoms with Crippen LogP contribution in [0.2, 0.25) is 0 Å². The van der Waals surface area contributed by atoms with E-state index in [4.69, 9.17) is 5.11 Å². The summed E-state index contributed by atoms with van der Waals surface area (Å²) in [7, 11) is 2.29. The molecule has 0 saturated heterocycles. The van der Waals surface area contributed by atoms with Gasteiger partial charge < -0.3 is 14.7 Å². The maximum Gasteiger partial charge on any atom is 0.335 e. The molecule has 0 aromatic heterocycles. The fourth-order valence-electron chi connectivity index (χ4n) is 1.31. The summed E-state index contributed by atoms with van der Waals surface area (Å²) in [6.45, 7) is 10.5. The van der Waals surface area contributed by atoms with Crippen LogP contribution in [0.25, 0.3) is 0 Å². The lowest BCUT2D eigenvalue weighted by molar-refractivity contribution is -0.904. The summed E-state index contributed by atoms with van der Waals surface area (Å²) in [6.07, 6.45) is 0. The summed E-state index contributed by atoms with van der Waals surface area (Å²) in [5.41, 5.74) is -0.178. The van der Waals surface area contributed by atoms with E-state index in [9.17, 15) is 9.90 Å². The Bertz CT molecular complexity index is 365. The van der Waals surface area contributed by atoms with Gasteiger partial charge in [-0.1, -0.05) is 23.9 Å². The Morgan fingerprint density at radius 1 is 1.17 bits per heavy atom. The molecule has 0 amide bonds. The van der Waals surface area contributed by atoms with Gasteiger partial charge in [-0.15, -0.1) is 0 Å². The van der Waals surface area contributed by atoms with E-state index in [-0.39, 0.29) is 5.56 Å². The summed E-state index contributed by atoms with van der Waals surface area (Å²) in [6, 6.07) is 5.54. The summed E-state index contributed by atoms with van der Waals surface area (Å²) in [5.74, 6) is -1.62. The Hall–Kier alpha value is -1.55. The van der Waals surface area contributed by atoms with Crippen LogP contribution in [0.15, 0.2) is 24.3 Å². The van der Waals surface area contributed by atoms with E-state index in [1.165, 1.54) is 48.4 Å². The molecule has 4 heteroatoms. The molecule has 102 valence electrons. The lowest BCUT2D eigenvalue weighted by atomic mass is 10.2. The third-order valence-electron chi connectivity index (χ3n) is 3.41. The van der Waals surface area contributed by atoms with Crippen LogP contribution in [0.1, 0.15) is 31.1 Å². The molecular weight excluding hydrogens is 230 g/mol. The Morgan fingerprint density at radius 3 is 1.83 bits per heavy atom. The first kappa shape index (κ1) is 16.4. The van der Waals surface area contributed by atoms with E-state index in [0.717, 1.165) is 0 Å². The second kappa shape index (κ2) is 7.71. The quantitative estimate of drug-likeness (QED) is 0.834. The normalized spacial score (nSPS) is 10.4. The zero-order chi connectivity index (χ0) is 14.2. The van der Waals surface area contributed by atoms with Crippen LogP contribution < -0.4 is 5.11 Å². The van der Waals surface area contributed by atoms with Gasteiger partial charge in [0.1, 0.15) is 0 Å². The van der Waals surface area contributed by atoms with E-state index in [1.807, 2.05) is 0 Å². The molecule has 0 aliphatic heterocycles. The van der Waals surface area contributed by atoms with E-state index < -0.39 is 11.7 Å². The van der Waals surface area contributed by atoms with Gasteiger partial charge in [-0.05, 0) is 26.8 Å². The number of quaternary nitrogens is 1. The topological polar surface area (TPSA) is 60.4 Å². The van der Waals surface area contributed by atoms with Crippen LogP contribution in [0.4, 0.5) is 0 Å². The standard InChI is InChI=1S/C7H18N.C7H6O3/c1-5-8(4,6-2)7-3;8-6-4-2-1-3-5(6)7(9)10/h5-7H2,1-4H3;1-4,8H,(H,9,10)/q+1;/p-1. The first-order valence-electron chi connectivity index (χ1n) is 6.23. The molecule has 0 heterocycles. The van der Waals surface area contributed by atoms with Gasteiger partial charge in [0.25, 0.3) is 0 Å². The van der Waals surface area contributed by atoms with Crippen molar-refractivity contribution in [3.05, 3.63) is 29.8 Å². The highest BCUT2D eigenvalue weighted by molar-refractivity contribution is 5.90. The highest BCUT2D eigenvalue weighted by Crippen LogP contribution is 2.10. The van der Waals surface area contributed by atoms with E-state index in [0.29, 0.717) is 0 Å². The molecule has 0 fully saturated rings. The number of carboxylic acids is 1. The number of para-hydroxylation sites is 1. The molecule has 1 aromatic rings. The van der Waals surface area contributed by atoms with Crippen molar-refractivity contribution in [2.24, 2.45) is 0 Å². The second-order valence-corrected chi connectivity index (χ2v) is 4.37. The van der Waals surface area contributed by atoms with Crippen molar-refractivity contribution in [2.45, 2.75) is 20.8 Å². The van der Waals surface area contributed by atoms with Crippen molar-refractivity contribution in [1.29, 1.82) is 0 Å². The predicted octanol–water partition coefficient (Wildman–Crippen LogP) is 1.95. The van der Waals surface area contributed by atoms with Crippen molar-refractivity contribution >= 4 is 5.97 Å². The molecule has 1 rings (SSSR count). The fourth-order valence-corrected chi connectivity index (χ4v) is 1.31. The third kappa shape index (κ3) is 5.19. The van der Waals surface area contributed by atoms with E-state index >= 15 is 0 Å². The highest BCUT2D eigenvalue weighted by Gasteiger charge is 2.10. The minimum Gasteiger partial charge on any atom is -0.872 e. The number of benzene rings is 1. The minimum absolute atomic E-state index is 0.178. The molecule has 18 heavy (non-hydrogen) atoms. The summed E-state index contributed by atoms with van der Waals surface area (Å²) in [5, 5.41) is 19.0. The monoisotopic (exact) mass is 253 g/mol. The average molecular weight is 253 g/mol. The van der Waals surface area contributed by atoms with Crippen molar-refractivity contribution in [3.63, 3.8) is 0 Å². The molecule has 4 nitrogen and oxygen atoms in total. The van der Waals surface area contributed by atoms with Gasteiger partial charge in [-0.3, -0.25) is 0 Å². The Kier molecular flexibility index (Phi) is 7.05. The molecule has 0 aliphatic carbocycles. The first-order chi connectivity index (χ1) is 8.40. The van der Waals surface area contributed by atoms with Gasteiger partial charge in [-0.25, -0.2) is 4.79 Å². The van der Waals surface area contributed by atoms with E-state index in [2.05, 4.69) is 27.8 Å². The molecule has 0 atom stereocenters. The van der Waals surface area contributed by atoms with Gasteiger partial charge in [0, 0.05) is 0 Å². The molecule has 1 N–H and O–H groups in total. The molecule has 0 saturated carbocycles. The van der Waals surface area contributed by atoms with Crippen LogP contribution >= 0.6 is 0 Å². The largest absolute Gasteiger partial charge is 0.872 e. The number of rotatable bonds is 4. The van der Waals surface area contributed by atoms with Gasteiger partial charge in [0.15, 0.2) is 0 Å². The van der Waals surface area contributed by atoms with Gasteiger partial charge in [0.05, 0.1) is 32.2 Å². The van der Waals surface area contributed by atoms with Crippen LogP contribution in [-0.4, -0.2) is 42.2 Å². The number of nitrogens with zero attached hydrogens (tertiary/aromatic N) is 1. The molecule has 0 unspecified atom stereocenters. The fraction of sp³-hybridized carbons (Fsp3) is 0.500. The lowest BCUT2D eigenvalue weighted by Gasteiger charge is -2.30. The number of hydrogen-bond donors (Lipinski definition) is 1. The first-order valence-corrected chi connectivity index (χ1v) is 6.23. The number of aromatic carboxylic acids is 1. The van der Waals surface area contributed by atoms with Crippen LogP contribution in [0, 0.1) is 0 Å². The minimum atomic E-state index is -1.18. The molecule has 0 spiro atoms. The van der Waals surface area contributed by atoms with E-state index in [1.54, 1.807) is 0 Å². The van der Waals surface area contributed by atoms with Crippen molar-refractivity contribution in [1.82, 2.24) is 0 Å². The number of carbonyl (C=O) groups is 1. The smallest absolute Gasteiger partial charge is 0.335 e. The molecule has 0 bridgehead atoms.